The molecule has 2 aromatic carbocycles. The van der Waals surface area contributed by atoms with E-state index in [1.807, 2.05) is 17.5 Å². The molecule has 1 amide bonds. The molecule has 11 heteroatoms. The number of aromatic hydroxyl groups is 1. The average Bonchev–Trinajstić information content (AvgIpc) is 3.42. The molecule has 0 aliphatic carbocycles. The molecule has 0 spiro atoms. The Balaban J connectivity index is 1.44. The van der Waals surface area contributed by atoms with Gasteiger partial charge in [0.1, 0.15) is 22.6 Å². The number of amides is 1. The van der Waals surface area contributed by atoms with Crippen LogP contribution >= 0.6 is 22.9 Å². The van der Waals surface area contributed by atoms with Gasteiger partial charge in [-0.3, -0.25) is 4.79 Å². The Morgan fingerprint density at radius 1 is 1.13 bits per heavy atom. The number of benzene rings is 2. The minimum atomic E-state index is -3.71. The first-order chi connectivity index (χ1) is 14.8. The van der Waals surface area contributed by atoms with Gasteiger partial charge in [0.05, 0.1) is 15.3 Å². The van der Waals surface area contributed by atoms with Gasteiger partial charge in [-0.2, -0.15) is 0 Å². The molecule has 8 nitrogen and oxygen atoms in total. The molecular formula is C20H17ClN4O4S2. The smallest absolute Gasteiger partial charge is 0.253 e. The summed E-state index contributed by atoms with van der Waals surface area (Å²) >= 11 is 7.26. The minimum Gasteiger partial charge on any atom is -0.506 e. The molecule has 0 fully saturated rings. The number of thiophene rings is 1. The summed E-state index contributed by atoms with van der Waals surface area (Å²) in [5.41, 5.74) is 0.967. The van der Waals surface area contributed by atoms with Gasteiger partial charge < -0.3 is 15.4 Å². The maximum Gasteiger partial charge on any atom is 0.253 e. The molecule has 0 bridgehead atoms. The number of aromatic nitrogens is 2. The topological polar surface area (TPSA) is 124 Å². The Morgan fingerprint density at radius 2 is 1.90 bits per heavy atom. The molecule has 2 heterocycles. The number of fused-ring (bicyclic) bond motifs is 1. The molecule has 0 atom stereocenters. The molecule has 0 aliphatic heterocycles. The third-order valence-corrected chi connectivity index (χ3v) is 7.05. The van der Waals surface area contributed by atoms with Crippen molar-refractivity contribution < 1.29 is 18.3 Å². The zero-order valence-corrected chi connectivity index (χ0v) is 18.3. The first-order valence-electron chi connectivity index (χ1n) is 9.14. The van der Waals surface area contributed by atoms with E-state index < -0.39 is 15.9 Å². The number of phenols is 1. The molecule has 0 aliphatic rings. The predicted molar refractivity (Wildman–Crippen MR) is 120 cm³/mol. The maximum absolute atomic E-state index is 12.7. The molecule has 0 saturated heterocycles. The Bertz CT molecular complexity index is 1330. The SMILES string of the molecule is O=C(NCCNS(=O)(=O)c1ccc(Cl)cc1)c1ccc(O)c2[nH]c(-c3cccs3)nc12. The quantitative estimate of drug-likeness (QED) is 0.304. The van der Waals surface area contributed by atoms with Crippen molar-refractivity contribution in [2.75, 3.05) is 13.1 Å². The third-order valence-electron chi connectivity index (χ3n) is 4.45. The Kier molecular flexibility index (Phi) is 5.96. The summed E-state index contributed by atoms with van der Waals surface area (Å²) in [6, 6.07) is 12.4. The number of imidazole rings is 1. The van der Waals surface area contributed by atoms with E-state index in [0.29, 0.717) is 21.9 Å². The first-order valence-corrected chi connectivity index (χ1v) is 11.9. The second-order valence-electron chi connectivity index (χ2n) is 6.53. The van der Waals surface area contributed by atoms with E-state index in [1.54, 1.807) is 0 Å². The van der Waals surface area contributed by atoms with Crippen LogP contribution < -0.4 is 10.0 Å². The van der Waals surface area contributed by atoms with Crippen molar-refractivity contribution in [1.82, 2.24) is 20.0 Å². The number of nitrogens with one attached hydrogen (secondary N) is 3. The van der Waals surface area contributed by atoms with Gasteiger partial charge in [0.2, 0.25) is 10.0 Å². The van der Waals surface area contributed by atoms with E-state index in [4.69, 9.17) is 11.6 Å². The molecule has 4 aromatic rings. The van der Waals surface area contributed by atoms with Crippen LogP contribution in [-0.4, -0.2) is 42.5 Å². The van der Waals surface area contributed by atoms with Gasteiger partial charge in [0.25, 0.3) is 5.91 Å². The fourth-order valence-electron chi connectivity index (χ4n) is 2.94. The predicted octanol–water partition coefficient (Wildman–Crippen LogP) is 3.36. The van der Waals surface area contributed by atoms with Crippen LogP contribution in [0.2, 0.25) is 5.02 Å². The Labute approximate surface area is 187 Å². The van der Waals surface area contributed by atoms with Gasteiger partial charge in [-0.05, 0) is 47.8 Å². The molecule has 4 N–H and O–H groups in total. The molecule has 4 rings (SSSR count). The molecule has 31 heavy (non-hydrogen) atoms. The molecule has 160 valence electrons. The zero-order chi connectivity index (χ0) is 22.0. The average molecular weight is 477 g/mol. The van der Waals surface area contributed by atoms with Crippen LogP contribution in [0, 0.1) is 0 Å². The zero-order valence-electron chi connectivity index (χ0n) is 15.9. The Hall–Kier alpha value is -2.92. The molecular weight excluding hydrogens is 460 g/mol. The van der Waals surface area contributed by atoms with E-state index in [0.717, 1.165) is 4.88 Å². The molecule has 0 saturated carbocycles. The number of phenolic OH excluding ortho intramolecular Hbond substituents is 1. The number of hydrogen-bond acceptors (Lipinski definition) is 6. The number of rotatable bonds is 7. The van der Waals surface area contributed by atoms with Crippen LogP contribution in [0.15, 0.2) is 58.8 Å². The summed E-state index contributed by atoms with van der Waals surface area (Å²) in [5, 5.41) is 15.1. The largest absolute Gasteiger partial charge is 0.506 e. The summed E-state index contributed by atoms with van der Waals surface area (Å²) in [4.78, 5) is 21.1. The number of hydrogen-bond donors (Lipinski definition) is 4. The summed E-state index contributed by atoms with van der Waals surface area (Å²) in [6.07, 6.45) is 0. The van der Waals surface area contributed by atoms with Crippen LogP contribution in [0.1, 0.15) is 10.4 Å². The number of carbonyl (C=O) groups is 1. The monoisotopic (exact) mass is 476 g/mol. The highest BCUT2D eigenvalue weighted by Crippen LogP contribution is 2.30. The van der Waals surface area contributed by atoms with Crippen molar-refractivity contribution in [2.24, 2.45) is 0 Å². The van der Waals surface area contributed by atoms with E-state index in [-0.39, 0.29) is 29.3 Å². The maximum atomic E-state index is 12.7. The van der Waals surface area contributed by atoms with Crippen LogP contribution in [0.3, 0.4) is 0 Å². The van der Waals surface area contributed by atoms with Crippen molar-refractivity contribution in [2.45, 2.75) is 4.90 Å². The van der Waals surface area contributed by atoms with Gasteiger partial charge in [-0.25, -0.2) is 18.1 Å². The number of sulfonamides is 1. The fourth-order valence-corrected chi connectivity index (χ4v) is 4.77. The van der Waals surface area contributed by atoms with Crippen molar-refractivity contribution >= 4 is 49.9 Å². The van der Waals surface area contributed by atoms with Crippen LogP contribution in [0.5, 0.6) is 5.75 Å². The van der Waals surface area contributed by atoms with E-state index in [1.165, 1.54) is 47.7 Å². The standard InChI is InChI=1S/C20H17ClN4O4S2/c21-12-3-5-13(6-4-12)31(28,29)23-10-9-22-20(27)14-7-8-15(26)18-17(14)24-19(25-18)16-2-1-11-30-16/h1-8,11,23,26H,9-10H2,(H,22,27)(H,24,25). The normalized spacial score (nSPS) is 11.6. The highest BCUT2D eigenvalue weighted by Gasteiger charge is 2.18. The lowest BCUT2D eigenvalue weighted by atomic mass is 10.1. The second kappa shape index (κ2) is 8.67. The van der Waals surface area contributed by atoms with Gasteiger partial charge in [-0.15, -0.1) is 11.3 Å². The number of H-pyrrole nitrogens is 1. The minimum absolute atomic E-state index is 0.00105. The molecule has 2 aromatic heterocycles. The highest BCUT2D eigenvalue weighted by atomic mass is 35.5. The number of aromatic amines is 1. The van der Waals surface area contributed by atoms with Crippen LogP contribution in [0.4, 0.5) is 0 Å². The van der Waals surface area contributed by atoms with Crippen LogP contribution in [-0.2, 0) is 10.0 Å². The van der Waals surface area contributed by atoms with E-state index >= 15 is 0 Å². The lowest BCUT2D eigenvalue weighted by Crippen LogP contribution is -2.34. The van der Waals surface area contributed by atoms with E-state index in [9.17, 15) is 18.3 Å². The molecule has 0 radical (unpaired) electrons. The first kappa shape index (κ1) is 21.3. The summed E-state index contributed by atoms with van der Waals surface area (Å²) < 4.78 is 27.0. The van der Waals surface area contributed by atoms with Gasteiger partial charge >= 0.3 is 0 Å². The summed E-state index contributed by atoms with van der Waals surface area (Å²) in [5.74, 6) is 0.105. The van der Waals surface area contributed by atoms with E-state index in [2.05, 4.69) is 20.0 Å². The second-order valence-corrected chi connectivity index (χ2v) is 9.68. The highest BCUT2D eigenvalue weighted by molar-refractivity contribution is 7.89. The van der Waals surface area contributed by atoms with Crippen LogP contribution in [0.25, 0.3) is 21.7 Å². The number of carbonyl (C=O) groups excluding carboxylic acids is 1. The number of nitrogens with zero attached hydrogens (tertiary/aromatic N) is 1. The lowest BCUT2D eigenvalue weighted by molar-refractivity contribution is 0.0956. The van der Waals surface area contributed by atoms with Crippen molar-refractivity contribution in [3.63, 3.8) is 0 Å². The van der Waals surface area contributed by atoms with Crippen molar-refractivity contribution in [3.05, 3.63) is 64.5 Å². The number of halogens is 1. The third kappa shape index (κ3) is 4.57. The molecule has 0 unspecified atom stereocenters. The van der Waals surface area contributed by atoms with Crippen molar-refractivity contribution in [3.8, 4) is 16.5 Å². The summed E-state index contributed by atoms with van der Waals surface area (Å²) in [6.45, 7) is 0.0646. The Morgan fingerprint density at radius 3 is 2.61 bits per heavy atom. The van der Waals surface area contributed by atoms with Gasteiger partial charge in [0.15, 0.2) is 0 Å². The summed E-state index contributed by atoms with van der Waals surface area (Å²) in [7, 11) is -3.71. The van der Waals surface area contributed by atoms with Crippen molar-refractivity contribution in [1.29, 1.82) is 0 Å². The lowest BCUT2D eigenvalue weighted by Gasteiger charge is -2.09. The van der Waals surface area contributed by atoms with Gasteiger partial charge in [-0.1, -0.05) is 17.7 Å². The fraction of sp³-hybridized carbons (Fsp3) is 0.100. The van der Waals surface area contributed by atoms with Gasteiger partial charge in [0, 0.05) is 18.1 Å².